The average Bonchev–Trinajstić information content (AvgIpc) is 3.20. The molecule has 2 atom stereocenters. The highest BCUT2D eigenvalue weighted by molar-refractivity contribution is 7.89. The van der Waals surface area contributed by atoms with Gasteiger partial charge in [-0.15, -0.1) is 0 Å². The van der Waals surface area contributed by atoms with E-state index < -0.39 is 34.4 Å². The highest BCUT2D eigenvalue weighted by Gasteiger charge is 2.44. The second kappa shape index (κ2) is 7.65. The lowest BCUT2D eigenvalue weighted by atomic mass is 10.0. The lowest BCUT2D eigenvalue weighted by Crippen LogP contribution is -2.44. The maximum atomic E-state index is 12.5. The van der Waals surface area contributed by atoms with Crippen LogP contribution in [0.2, 0.25) is 0 Å². The number of fused-ring (bicyclic) bond motifs is 2. The molecule has 1 fully saturated rings. The Kier molecular flexibility index (Phi) is 5.30. The monoisotopic (exact) mass is 442 g/mol. The van der Waals surface area contributed by atoms with Crippen molar-refractivity contribution in [2.24, 2.45) is 7.05 Å². The number of anilines is 2. The van der Waals surface area contributed by atoms with Crippen molar-refractivity contribution >= 4 is 27.2 Å². The Hall–Kier alpha value is -2.47. The Morgan fingerprint density at radius 3 is 2.77 bits per heavy atom. The van der Waals surface area contributed by atoms with Gasteiger partial charge in [0.05, 0.1) is 29.8 Å². The number of halogens is 3. The average molecular weight is 442 g/mol. The van der Waals surface area contributed by atoms with Gasteiger partial charge in [0, 0.05) is 31.5 Å². The van der Waals surface area contributed by atoms with Gasteiger partial charge < -0.3 is 5.32 Å². The molecule has 2 aromatic rings. The fourth-order valence-electron chi connectivity index (χ4n) is 3.98. The molecule has 12 heteroatoms. The van der Waals surface area contributed by atoms with E-state index in [0.717, 1.165) is 11.3 Å². The topological polar surface area (TPSA) is 93.0 Å². The molecule has 1 saturated heterocycles. The summed E-state index contributed by atoms with van der Waals surface area (Å²) in [7, 11) is -2.20. The van der Waals surface area contributed by atoms with E-state index >= 15 is 0 Å². The highest BCUT2D eigenvalue weighted by atomic mass is 32.2. The number of nitrogens with zero attached hydrogens (tertiary/aromatic N) is 5. The molecule has 1 N–H and O–H groups in total. The Morgan fingerprint density at radius 1 is 1.30 bits per heavy atom. The molecule has 2 aliphatic rings. The van der Waals surface area contributed by atoms with Crippen LogP contribution in [0.4, 0.5) is 24.8 Å². The van der Waals surface area contributed by atoms with Crippen molar-refractivity contribution in [3.8, 4) is 0 Å². The third-order valence-electron chi connectivity index (χ3n) is 5.24. The first-order chi connectivity index (χ1) is 14.1. The Morgan fingerprint density at radius 2 is 2.10 bits per heavy atom. The maximum absolute atomic E-state index is 12.5. The smallest absolute Gasteiger partial charge is 0.321 e. The van der Waals surface area contributed by atoms with Crippen LogP contribution >= 0.6 is 0 Å². The van der Waals surface area contributed by atoms with E-state index in [1.807, 2.05) is 6.08 Å². The van der Waals surface area contributed by atoms with E-state index in [1.54, 1.807) is 36.4 Å². The third kappa shape index (κ3) is 4.48. The molecule has 4 rings (SSSR count). The molecule has 0 amide bonds. The summed E-state index contributed by atoms with van der Waals surface area (Å²) < 4.78 is 65.6. The fourth-order valence-corrected chi connectivity index (χ4v) is 5.89. The maximum Gasteiger partial charge on any atom is 0.390 e. The summed E-state index contributed by atoms with van der Waals surface area (Å²) in [5.74, 6) is -0.534. The Labute approximate surface area is 171 Å². The Balaban J connectivity index is 1.52. The minimum absolute atomic E-state index is 0.349. The molecule has 0 saturated carbocycles. The zero-order valence-electron chi connectivity index (χ0n) is 16.2. The molecule has 0 aliphatic carbocycles. The first-order valence-corrected chi connectivity index (χ1v) is 11.1. The lowest BCUT2D eigenvalue weighted by molar-refractivity contribution is -0.130. The van der Waals surface area contributed by atoms with Crippen LogP contribution < -0.4 is 5.32 Å². The number of nitrogens with one attached hydrogen (secondary N) is 1. The van der Waals surface area contributed by atoms with Crippen molar-refractivity contribution in [1.29, 1.82) is 0 Å². The first kappa shape index (κ1) is 20.8. The highest BCUT2D eigenvalue weighted by Crippen LogP contribution is 2.40. The van der Waals surface area contributed by atoms with Crippen LogP contribution in [0.15, 0.2) is 30.7 Å². The summed E-state index contributed by atoms with van der Waals surface area (Å²) in [5.41, 5.74) is 2.27. The van der Waals surface area contributed by atoms with Crippen LogP contribution in [-0.4, -0.2) is 56.5 Å². The van der Waals surface area contributed by atoms with Gasteiger partial charge in [-0.3, -0.25) is 4.68 Å². The van der Waals surface area contributed by atoms with Gasteiger partial charge in [0.15, 0.2) is 0 Å². The van der Waals surface area contributed by atoms with Crippen LogP contribution in [0, 0.1) is 0 Å². The molecule has 2 aromatic heterocycles. The summed E-state index contributed by atoms with van der Waals surface area (Å²) in [4.78, 5) is 8.70. The van der Waals surface area contributed by atoms with Gasteiger partial charge >= 0.3 is 6.18 Å². The van der Waals surface area contributed by atoms with Crippen LogP contribution in [0.5, 0.6) is 0 Å². The minimum Gasteiger partial charge on any atom is -0.321 e. The SMILES string of the molecule is Cn1cc(Nc2nccc(C3=CC4CCC(C3)N4S(=O)(=O)CCC(F)(F)F)n2)cn1. The second-order valence-corrected chi connectivity index (χ2v) is 9.49. The van der Waals surface area contributed by atoms with Crippen molar-refractivity contribution < 1.29 is 21.6 Å². The summed E-state index contributed by atoms with van der Waals surface area (Å²) in [5, 5.41) is 7.13. The predicted molar refractivity (Wildman–Crippen MR) is 104 cm³/mol. The van der Waals surface area contributed by atoms with Gasteiger partial charge in [0.25, 0.3) is 0 Å². The van der Waals surface area contributed by atoms with Crippen LogP contribution in [0.3, 0.4) is 0 Å². The Bertz CT molecular complexity index is 1070. The van der Waals surface area contributed by atoms with Gasteiger partial charge in [-0.1, -0.05) is 6.08 Å². The van der Waals surface area contributed by atoms with E-state index in [0.29, 0.717) is 30.9 Å². The van der Waals surface area contributed by atoms with Gasteiger partial charge in [-0.05, 0) is 30.9 Å². The molecule has 30 heavy (non-hydrogen) atoms. The largest absolute Gasteiger partial charge is 0.390 e. The zero-order chi connectivity index (χ0) is 21.5. The molecular weight excluding hydrogens is 421 g/mol. The fraction of sp³-hybridized carbons (Fsp3) is 0.500. The molecule has 8 nitrogen and oxygen atoms in total. The van der Waals surface area contributed by atoms with Gasteiger partial charge in [-0.2, -0.15) is 22.6 Å². The summed E-state index contributed by atoms with van der Waals surface area (Å²) in [6.07, 6.45) is 2.61. The van der Waals surface area contributed by atoms with E-state index in [2.05, 4.69) is 20.4 Å². The normalized spacial score (nSPS) is 22.2. The molecule has 0 aromatic carbocycles. The van der Waals surface area contributed by atoms with Gasteiger partial charge in [0.1, 0.15) is 0 Å². The zero-order valence-corrected chi connectivity index (χ0v) is 17.0. The van der Waals surface area contributed by atoms with E-state index in [1.165, 1.54) is 4.31 Å². The number of sulfonamides is 1. The molecular formula is C18H21F3N6O2S. The van der Waals surface area contributed by atoms with E-state index in [4.69, 9.17) is 0 Å². The standard InChI is InChI=1S/C18H21F3N6O2S/c1-26-11-13(10-23-26)24-17-22-6-4-16(25-17)12-8-14-2-3-15(9-12)27(14)30(28,29)7-5-18(19,20)21/h4,6,8,10-11,14-15H,2-3,5,7,9H2,1H3,(H,22,24,25). The van der Waals surface area contributed by atoms with Crippen molar-refractivity contribution in [3.05, 3.63) is 36.4 Å². The van der Waals surface area contributed by atoms with Crippen molar-refractivity contribution in [3.63, 3.8) is 0 Å². The second-order valence-electron chi connectivity index (χ2n) is 7.50. The van der Waals surface area contributed by atoms with Crippen LogP contribution in [-0.2, 0) is 17.1 Å². The van der Waals surface area contributed by atoms with Crippen molar-refractivity contribution in [2.45, 2.75) is 43.9 Å². The van der Waals surface area contributed by atoms with Crippen LogP contribution in [0.1, 0.15) is 31.4 Å². The van der Waals surface area contributed by atoms with Crippen molar-refractivity contribution in [1.82, 2.24) is 24.1 Å². The number of aryl methyl sites for hydroxylation is 1. The van der Waals surface area contributed by atoms with Crippen molar-refractivity contribution in [2.75, 3.05) is 11.1 Å². The molecule has 4 heterocycles. The molecule has 2 unspecified atom stereocenters. The molecule has 0 spiro atoms. The van der Waals surface area contributed by atoms with Crippen LogP contribution in [0.25, 0.3) is 5.57 Å². The minimum atomic E-state index is -4.50. The molecule has 2 bridgehead atoms. The quantitative estimate of drug-likeness (QED) is 0.740. The summed E-state index contributed by atoms with van der Waals surface area (Å²) in [6.45, 7) is 0. The van der Waals surface area contributed by atoms with E-state index in [9.17, 15) is 21.6 Å². The number of alkyl halides is 3. The summed E-state index contributed by atoms with van der Waals surface area (Å²) >= 11 is 0. The van der Waals surface area contributed by atoms with Gasteiger partial charge in [0.2, 0.25) is 16.0 Å². The molecule has 0 radical (unpaired) electrons. The van der Waals surface area contributed by atoms with E-state index in [-0.39, 0.29) is 6.04 Å². The predicted octanol–water partition coefficient (Wildman–Crippen LogP) is 2.86. The number of aromatic nitrogens is 4. The van der Waals surface area contributed by atoms with Gasteiger partial charge in [-0.25, -0.2) is 18.4 Å². The molecule has 162 valence electrons. The summed E-state index contributed by atoms with van der Waals surface area (Å²) in [6, 6.07) is 0.952. The number of hydrogen-bond donors (Lipinski definition) is 1. The number of hydrogen-bond acceptors (Lipinski definition) is 6. The first-order valence-electron chi connectivity index (χ1n) is 9.48. The number of rotatable bonds is 6. The lowest BCUT2D eigenvalue weighted by Gasteiger charge is -2.33. The third-order valence-corrected chi connectivity index (χ3v) is 7.17. The molecule has 2 aliphatic heterocycles.